The van der Waals surface area contributed by atoms with E-state index in [-0.39, 0.29) is 5.41 Å². The summed E-state index contributed by atoms with van der Waals surface area (Å²) in [4.78, 5) is 0. The summed E-state index contributed by atoms with van der Waals surface area (Å²) in [6.45, 7) is 9.44. The van der Waals surface area contributed by atoms with Gasteiger partial charge in [-0.05, 0) is 47.9 Å². The molecule has 0 fully saturated rings. The van der Waals surface area contributed by atoms with Crippen molar-refractivity contribution in [2.75, 3.05) is 6.61 Å². The van der Waals surface area contributed by atoms with E-state index in [1.54, 1.807) is 0 Å². The Morgan fingerprint density at radius 3 is 2.40 bits per heavy atom. The van der Waals surface area contributed by atoms with E-state index in [2.05, 4.69) is 52.0 Å². The first-order valence-electron chi connectivity index (χ1n) is 9.41. The molecule has 0 aromatic heterocycles. The zero-order valence-corrected chi connectivity index (χ0v) is 16.1. The molecular formula is C23H32O2. The van der Waals surface area contributed by atoms with Gasteiger partial charge in [-0.1, -0.05) is 70.5 Å². The standard InChI is InChI=1S/C23H32O2/c1-5-6-16-25-22-15-13-19(23(2,3)4)17-20(22)21(24)14-12-18-10-8-7-9-11-18/h7-11,13,15,17,21,24H,5-6,12,14,16H2,1-4H3. The van der Waals surface area contributed by atoms with Crippen LogP contribution in [0.3, 0.4) is 0 Å². The molecule has 2 nitrogen and oxygen atoms in total. The number of hydrogen-bond acceptors (Lipinski definition) is 2. The lowest BCUT2D eigenvalue weighted by molar-refractivity contribution is 0.161. The number of aryl methyl sites for hydroxylation is 1. The molecule has 0 heterocycles. The normalized spacial score (nSPS) is 12.8. The van der Waals surface area contributed by atoms with Crippen LogP contribution in [-0.2, 0) is 11.8 Å². The van der Waals surface area contributed by atoms with Crippen LogP contribution in [0.25, 0.3) is 0 Å². The third-order valence-electron chi connectivity index (χ3n) is 4.54. The molecule has 0 amide bonds. The molecule has 1 atom stereocenters. The number of hydrogen-bond donors (Lipinski definition) is 1. The number of ether oxygens (including phenoxy) is 1. The third kappa shape index (κ3) is 5.89. The molecule has 2 heteroatoms. The van der Waals surface area contributed by atoms with E-state index in [4.69, 9.17) is 4.74 Å². The number of aliphatic hydroxyl groups is 1. The fraction of sp³-hybridized carbons (Fsp3) is 0.478. The van der Waals surface area contributed by atoms with E-state index < -0.39 is 6.10 Å². The second-order valence-electron chi connectivity index (χ2n) is 7.74. The maximum Gasteiger partial charge on any atom is 0.125 e. The van der Waals surface area contributed by atoms with E-state index in [0.29, 0.717) is 13.0 Å². The maximum atomic E-state index is 10.8. The first-order valence-corrected chi connectivity index (χ1v) is 9.41. The minimum Gasteiger partial charge on any atom is -0.493 e. The topological polar surface area (TPSA) is 29.5 Å². The molecule has 2 rings (SSSR count). The second kappa shape index (κ2) is 9.05. The summed E-state index contributed by atoms with van der Waals surface area (Å²) in [6.07, 6.45) is 3.17. The van der Waals surface area contributed by atoms with E-state index in [0.717, 1.165) is 30.6 Å². The van der Waals surface area contributed by atoms with Gasteiger partial charge >= 0.3 is 0 Å². The molecule has 1 N–H and O–H groups in total. The summed E-state index contributed by atoms with van der Waals surface area (Å²) >= 11 is 0. The average molecular weight is 341 g/mol. The van der Waals surface area contributed by atoms with Gasteiger partial charge in [-0.25, -0.2) is 0 Å². The minimum absolute atomic E-state index is 0.0514. The fourth-order valence-electron chi connectivity index (χ4n) is 2.84. The van der Waals surface area contributed by atoms with Crippen molar-refractivity contribution in [3.05, 3.63) is 65.2 Å². The highest BCUT2D eigenvalue weighted by molar-refractivity contribution is 5.41. The molecule has 1 unspecified atom stereocenters. The van der Waals surface area contributed by atoms with Crippen LogP contribution in [0.1, 0.15) is 69.8 Å². The number of benzene rings is 2. The highest BCUT2D eigenvalue weighted by Crippen LogP contribution is 2.33. The monoisotopic (exact) mass is 340 g/mol. The molecule has 0 aliphatic rings. The van der Waals surface area contributed by atoms with Crippen molar-refractivity contribution in [1.82, 2.24) is 0 Å². The van der Waals surface area contributed by atoms with Crippen molar-refractivity contribution >= 4 is 0 Å². The lowest BCUT2D eigenvalue weighted by Crippen LogP contribution is -2.13. The predicted octanol–water partition coefficient (Wildman–Crippen LogP) is 5.83. The molecule has 2 aromatic carbocycles. The Hall–Kier alpha value is -1.80. The Morgan fingerprint density at radius 1 is 1.04 bits per heavy atom. The molecule has 0 bridgehead atoms. The first-order chi connectivity index (χ1) is 11.9. The summed E-state index contributed by atoms with van der Waals surface area (Å²) in [5.74, 6) is 0.821. The Labute approximate surface area is 152 Å². The van der Waals surface area contributed by atoms with Crippen molar-refractivity contribution in [1.29, 1.82) is 0 Å². The van der Waals surface area contributed by atoms with Crippen LogP contribution in [0.4, 0.5) is 0 Å². The molecule has 25 heavy (non-hydrogen) atoms. The molecule has 0 aliphatic heterocycles. The fourth-order valence-corrected chi connectivity index (χ4v) is 2.84. The Morgan fingerprint density at radius 2 is 1.76 bits per heavy atom. The lowest BCUT2D eigenvalue weighted by atomic mass is 9.85. The largest absolute Gasteiger partial charge is 0.493 e. The quantitative estimate of drug-likeness (QED) is 0.613. The van der Waals surface area contributed by atoms with Crippen LogP contribution in [0, 0.1) is 0 Å². The molecule has 0 radical (unpaired) electrons. The smallest absolute Gasteiger partial charge is 0.125 e. The molecule has 0 saturated carbocycles. The van der Waals surface area contributed by atoms with Crippen LogP contribution >= 0.6 is 0 Å². The highest BCUT2D eigenvalue weighted by Gasteiger charge is 2.20. The number of unbranched alkanes of at least 4 members (excludes halogenated alkanes) is 1. The van der Waals surface area contributed by atoms with Crippen molar-refractivity contribution in [3.63, 3.8) is 0 Å². The summed E-state index contributed by atoms with van der Waals surface area (Å²) in [7, 11) is 0. The molecule has 0 spiro atoms. The molecule has 2 aromatic rings. The van der Waals surface area contributed by atoms with Gasteiger partial charge in [-0.3, -0.25) is 0 Å². The van der Waals surface area contributed by atoms with Crippen LogP contribution < -0.4 is 4.74 Å². The van der Waals surface area contributed by atoms with E-state index >= 15 is 0 Å². The molecule has 0 saturated heterocycles. The van der Waals surface area contributed by atoms with Crippen molar-refractivity contribution in [2.45, 2.75) is 64.9 Å². The third-order valence-corrected chi connectivity index (χ3v) is 4.54. The summed E-state index contributed by atoms with van der Waals surface area (Å²) in [5.41, 5.74) is 3.45. The van der Waals surface area contributed by atoms with Crippen molar-refractivity contribution in [2.24, 2.45) is 0 Å². The van der Waals surface area contributed by atoms with Gasteiger partial charge in [0.15, 0.2) is 0 Å². The molecule has 0 aliphatic carbocycles. The van der Waals surface area contributed by atoms with Gasteiger partial charge in [0.1, 0.15) is 5.75 Å². The van der Waals surface area contributed by atoms with Crippen LogP contribution in [-0.4, -0.2) is 11.7 Å². The molecule has 136 valence electrons. The van der Waals surface area contributed by atoms with Gasteiger partial charge in [0, 0.05) is 5.56 Å². The Balaban J connectivity index is 2.18. The van der Waals surface area contributed by atoms with Crippen LogP contribution in [0.15, 0.2) is 48.5 Å². The highest BCUT2D eigenvalue weighted by atomic mass is 16.5. The molecular weight excluding hydrogens is 308 g/mol. The Kier molecular flexibility index (Phi) is 7.07. The van der Waals surface area contributed by atoms with Crippen molar-refractivity contribution in [3.8, 4) is 5.75 Å². The van der Waals surface area contributed by atoms with E-state index in [1.165, 1.54) is 11.1 Å². The number of rotatable bonds is 8. The summed E-state index contributed by atoms with van der Waals surface area (Å²) in [6, 6.07) is 16.6. The predicted molar refractivity (Wildman–Crippen MR) is 105 cm³/mol. The Bertz CT molecular complexity index is 641. The van der Waals surface area contributed by atoms with Gasteiger partial charge < -0.3 is 9.84 Å². The first kappa shape index (κ1) is 19.5. The summed E-state index contributed by atoms with van der Waals surface area (Å²) in [5, 5.41) is 10.8. The SMILES string of the molecule is CCCCOc1ccc(C(C)(C)C)cc1C(O)CCc1ccccc1. The number of aliphatic hydroxyl groups excluding tert-OH is 1. The van der Waals surface area contributed by atoms with Crippen LogP contribution in [0.5, 0.6) is 5.75 Å². The van der Waals surface area contributed by atoms with E-state index in [9.17, 15) is 5.11 Å². The zero-order valence-electron chi connectivity index (χ0n) is 16.1. The van der Waals surface area contributed by atoms with Gasteiger partial charge in [-0.15, -0.1) is 0 Å². The van der Waals surface area contributed by atoms with Crippen molar-refractivity contribution < 1.29 is 9.84 Å². The zero-order chi connectivity index (χ0) is 18.3. The van der Waals surface area contributed by atoms with Gasteiger partial charge in [-0.2, -0.15) is 0 Å². The van der Waals surface area contributed by atoms with Gasteiger partial charge in [0.25, 0.3) is 0 Å². The maximum absolute atomic E-state index is 10.8. The average Bonchev–Trinajstić information content (AvgIpc) is 2.60. The van der Waals surface area contributed by atoms with Gasteiger partial charge in [0.2, 0.25) is 0 Å². The lowest BCUT2D eigenvalue weighted by Gasteiger charge is -2.23. The van der Waals surface area contributed by atoms with E-state index in [1.807, 2.05) is 24.3 Å². The van der Waals surface area contributed by atoms with Gasteiger partial charge in [0.05, 0.1) is 12.7 Å². The second-order valence-corrected chi connectivity index (χ2v) is 7.74. The minimum atomic E-state index is -0.515. The summed E-state index contributed by atoms with van der Waals surface area (Å²) < 4.78 is 5.96. The van der Waals surface area contributed by atoms with Crippen LogP contribution in [0.2, 0.25) is 0 Å².